The van der Waals surface area contributed by atoms with Crippen LogP contribution in [0.25, 0.3) is 0 Å². The fourth-order valence-corrected chi connectivity index (χ4v) is 4.80. The molecule has 1 aliphatic rings. The smallest absolute Gasteiger partial charge is 0.139 e. The summed E-state index contributed by atoms with van der Waals surface area (Å²) in [5.41, 5.74) is 0.111. The van der Waals surface area contributed by atoms with Crippen LogP contribution in [0.5, 0.6) is 0 Å². The number of halogens is 1. The van der Waals surface area contributed by atoms with Gasteiger partial charge < -0.3 is 5.32 Å². The third-order valence-electron chi connectivity index (χ3n) is 3.93. The van der Waals surface area contributed by atoms with E-state index in [1.54, 1.807) is 18.2 Å². The van der Waals surface area contributed by atoms with E-state index in [4.69, 9.17) is 0 Å². The SMILES string of the molecule is CNC1C(S(=O)c2ccccc2F)CCC1(C)C. The van der Waals surface area contributed by atoms with Crippen LogP contribution in [0.4, 0.5) is 4.39 Å². The topological polar surface area (TPSA) is 29.1 Å². The van der Waals surface area contributed by atoms with Gasteiger partial charge in [-0.2, -0.15) is 0 Å². The summed E-state index contributed by atoms with van der Waals surface area (Å²) in [6.07, 6.45) is 1.89. The van der Waals surface area contributed by atoms with Gasteiger partial charge in [0.15, 0.2) is 0 Å². The molecule has 2 rings (SSSR count). The molecule has 2 nitrogen and oxygen atoms in total. The highest BCUT2D eigenvalue weighted by Crippen LogP contribution is 2.41. The van der Waals surface area contributed by atoms with Gasteiger partial charge in [-0.1, -0.05) is 26.0 Å². The molecular weight excluding hydrogens is 249 g/mol. The largest absolute Gasteiger partial charge is 0.315 e. The Morgan fingerprint density at radius 2 is 2.06 bits per heavy atom. The molecule has 3 unspecified atom stereocenters. The minimum atomic E-state index is -1.28. The van der Waals surface area contributed by atoms with Crippen molar-refractivity contribution in [3.63, 3.8) is 0 Å². The van der Waals surface area contributed by atoms with Gasteiger partial charge in [0.1, 0.15) is 5.82 Å². The van der Waals surface area contributed by atoms with Crippen molar-refractivity contribution < 1.29 is 8.60 Å². The van der Waals surface area contributed by atoms with Gasteiger partial charge in [-0.05, 0) is 37.4 Å². The van der Waals surface area contributed by atoms with Crippen LogP contribution < -0.4 is 5.32 Å². The van der Waals surface area contributed by atoms with Crippen molar-refractivity contribution in [3.05, 3.63) is 30.1 Å². The second-order valence-electron chi connectivity index (χ2n) is 5.56. The zero-order chi connectivity index (χ0) is 13.3. The van der Waals surface area contributed by atoms with Gasteiger partial charge in [0.25, 0.3) is 0 Å². The van der Waals surface area contributed by atoms with E-state index < -0.39 is 10.8 Å². The molecule has 0 aromatic heterocycles. The van der Waals surface area contributed by atoms with E-state index in [9.17, 15) is 8.60 Å². The molecule has 0 heterocycles. The minimum Gasteiger partial charge on any atom is -0.315 e. The fourth-order valence-electron chi connectivity index (χ4n) is 2.92. The second-order valence-corrected chi connectivity index (χ2v) is 7.20. The van der Waals surface area contributed by atoms with Crippen molar-refractivity contribution in [2.45, 2.75) is 42.9 Å². The molecule has 0 radical (unpaired) electrons. The number of rotatable bonds is 3. The zero-order valence-corrected chi connectivity index (χ0v) is 11.9. The molecule has 18 heavy (non-hydrogen) atoms. The van der Waals surface area contributed by atoms with Gasteiger partial charge in [0.2, 0.25) is 0 Å². The number of hydrogen-bond acceptors (Lipinski definition) is 2. The van der Waals surface area contributed by atoms with E-state index in [-0.39, 0.29) is 22.5 Å². The summed E-state index contributed by atoms with van der Waals surface area (Å²) in [5.74, 6) is -0.365. The molecule has 1 aliphatic carbocycles. The average molecular weight is 269 g/mol. The van der Waals surface area contributed by atoms with Crippen LogP contribution in [0, 0.1) is 11.2 Å². The van der Waals surface area contributed by atoms with E-state index in [0.717, 1.165) is 12.8 Å². The lowest BCUT2D eigenvalue weighted by molar-refractivity contribution is 0.299. The van der Waals surface area contributed by atoms with Crippen molar-refractivity contribution in [2.24, 2.45) is 5.41 Å². The Morgan fingerprint density at radius 1 is 1.39 bits per heavy atom. The Hall–Kier alpha value is -0.740. The molecule has 0 saturated heterocycles. The summed E-state index contributed by atoms with van der Waals surface area (Å²) in [6, 6.07) is 6.54. The number of hydrogen-bond donors (Lipinski definition) is 1. The van der Waals surface area contributed by atoms with E-state index in [2.05, 4.69) is 19.2 Å². The van der Waals surface area contributed by atoms with E-state index in [0.29, 0.717) is 4.90 Å². The van der Waals surface area contributed by atoms with Crippen LogP contribution >= 0.6 is 0 Å². The van der Waals surface area contributed by atoms with Crippen LogP contribution in [-0.4, -0.2) is 22.5 Å². The predicted molar refractivity (Wildman–Crippen MR) is 72.5 cm³/mol. The molecule has 1 aromatic rings. The summed E-state index contributed by atoms with van der Waals surface area (Å²) in [7, 11) is 0.608. The van der Waals surface area contributed by atoms with E-state index in [1.165, 1.54) is 6.07 Å². The Morgan fingerprint density at radius 3 is 2.67 bits per heavy atom. The van der Waals surface area contributed by atoms with Crippen LogP contribution in [0.1, 0.15) is 26.7 Å². The monoisotopic (exact) mass is 269 g/mol. The molecule has 0 spiro atoms. The molecule has 0 bridgehead atoms. The van der Waals surface area contributed by atoms with E-state index in [1.807, 2.05) is 7.05 Å². The highest BCUT2D eigenvalue weighted by molar-refractivity contribution is 7.85. The molecule has 1 fully saturated rings. The molecule has 100 valence electrons. The first kappa shape index (κ1) is 13.7. The lowest BCUT2D eigenvalue weighted by atomic mass is 9.87. The van der Waals surface area contributed by atoms with Crippen molar-refractivity contribution in [1.29, 1.82) is 0 Å². The summed E-state index contributed by atoms with van der Waals surface area (Å²) in [6.45, 7) is 4.35. The molecule has 1 N–H and O–H groups in total. The molecule has 0 amide bonds. The lowest BCUT2D eigenvalue weighted by Crippen LogP contribution is -2.44. The highest BCUT2D eigenvalue weighted by Gasteiger charge is 2.44. The Balaban J connectivity index is 2.28. The maximum absolute atomic E-state index is 13.7. The summed E-state index contributed by atoms with van der Waals surface area (Å²) in [5, 5.41) is 3.25. The van der Waals surface area contributed by atoms with Gasteiger partial charge in [-0.25, -0.2) is 4.39 Å². The first-order valence-corrected chi connectivity index (χ1v) is 7.51. The zero-order valence-electron chi connectivity index (χ0n) is 11.1. The molecular formula is C14H20FNOS. The first-order chi connectivity index (χ1) is 8.47. The van der Waals surface area contributed by atoms with Gasteiger partial charge in [0, 0.05) is 6.04 Å². The van der Waals surface area contributed by atoms with Gasteiger partial charge in [-0.15, -0.1) is 0 Å². The summed E-state index contributed by atoms with van der Waals surface area (Å²) < 4.78 is 26.3. The standard InChI is InChI=1S/C14H20FNOS/c1-14(2)9-8-12(13(14)16-3)18(17)11-7-5-4-6-10(11)15/h4-7,12-13,16H,8-9H2,1-3H3. The fraction of sp³-hybridized carbons (Fsp3) is 0.571. The third-order valence-corrected chi connectivity index (χ3v) is 5.75. The molecule has 1 saturated carbocycles. The van der Waals surface area contributed by atoms with Crippen molar-refractivity contribution in [1.82, 2.24) is 5.32 Å². The van der Waals surface area contributed by atoms with Crippen molar-refractivity contribution in [2.75, 3.05) is 7.05 Å². The van der Waals surface area contributed by atoms with Crippen molar-refractivity contribution in [3.8, 4) is 0 Å². The number of benzene rings is 1. The van der Waals surface area contributed by atoms with Gasteiger partial charge in [-0.3, -0.25) is 4.21 Å². The van der Waals surface area contributed by atoms with E-state index >= 15 is 0 Å². The average Bonchev–Trinajstić information content (AvgIpc) is 2.64. The summed E-state index contributed by atoms with van der Waals surface area (Å²) >= 11 is 0. The van der Waals surface area contributed by atoms with Gasteiger partial charge >= 0.3 is 0 Å². The van der Waals surface area contributed by atoms with Crippen LogP contribution in [0.15, 0.2) is 29.2 Å². The van der Waals surface area contributed by atoms with Crippen LogP contribution in [0.2, 0.25) is 0 Å². The second kappa shape index (κ2) is 5.10. The predicted octanol–water partition coefficient (Wildman–Crippen LogP) is 2.71. The summed E-state index contributed by atoms with van der Waals surface area (Å²) in [4.78, 5) is 0.334. The Bertz CT molecular complexity index is 461. The Labute approximate surface area is 110 Å². The van der Waals surface area contributed by atoms with Crippen LogP contribution in [0.3, 0.4) is 0 Å². The number of nitrogens with one attached hydrogen (secondary N) is 1. The first-order valence-electron chi connectivity index (χ1n) is 6.30. The van der Waals surface area contributed by atoms with Gasteiger partial charge in [0.05, 0.1) is 20.9 Å². The van der Waals surface area contributed by atoms with Crippen LogP contribution in [-0.2, 0) is 10.8 Å². The molecule has 4 heteroatoms. The minimum absolute atomic E-state index is 0.0121. The highest BCUT2D eigenvalue weighted by atomic mass is 32.2. The maximum atomic E-state index is 13.7. The Kier molecular flexibility index (Phi) is 3.87. The quantitative estimate of drug-likeness (QED) is 0.914. The normalized spacial score (nSPS) is 28.2. The molecule has 1 aromatic carbocycles. The molecule has 3 atom stereocenters. The third kappa shape index (κ3) is 2.36. The molecule has 0 aliphatic heterocycles. The maximum Gasteiger partial charge on any atom is 0.139 e. The lowest BCUT2D eigenvalue weighted by Gasteiger charge is -2.30. The van der Waals surface area contributed by atoms with Crippen molar-refractivity contribution >= 4 is 10.8 Å².